The summed E-state index contributed by atoms with van der Waals surface area (Å²) in [6.07, 6.45) is 2.35. The van der Waals surface area contributed by atoms with Crippen molar-refractivity contribution in [3.05, 3.63) is 65.2 Å². The van der Waals surface area contributed by atoms with Crippen LogP contribution in [0.5, 0.6) is 0 Å². The van der Waals surface area contributed by atoms with Crippen molar-refractivity contribution in [3.8, 4) is 0 Å². The first kappa shape index (κ1) is 10.4. The zero-order chi connectivity index (χ0) is 11.7. The van der Waals surface area contributed by atoms with Gasteiger partial charge in [0.2, 0.25) is 0 Å². The van der Waals surface area contributed by atoms with E-state index in [-0.39, 0.29) is 0 Å². The molecule has 1 atom stereocenters. The lowest BCUT2D eigenvalue weighted by molar-refractivity contribution is 0.667. The fourth-order valence-corrected chi connectivity index (χ4v) is 2.58. The Morgan fingerprint density at radius 2 is 1.94 bits per heavy atom. The van der Waals surface area contributed by atoms with Crippen LogP contribution in [-0.4, -0.2) is 0 Å². The molecule has 17 heavy (non-hydrogen) atoms. The van der Waals surface area contributed by atoms with Gasteiger partial charge >= 0.3 is 0 Å². The molecule has 1 heteroatoms. The van der Waals surface area contributed by atoms with Gasteiger partial charge in [0.25, 0.3) is 0 Å². The molecule has 0 saturated heterocycles. The lowest BCUT2D eigenvalue weighted by atomic mass is 9.93. The number of hydrogen-bond acceptors (Lipinski definition) is 1. The highest BCUT2D eigenvalue weighted by Crippen LogP contribution is 2.32. The standard InChI is InChI=1S/C16H17N/c1-12-5-4-7-14(11-12)16-10-9-13-6-2-3-8-15(13)17-16/h2-8,11,16-17H,9-10H2,1H3. The van der Waals surface area contributed by atoms with E-state index in [0.717, 1.165) is 0 Å². The van der Waals surface area contributed by atoms with E-state index >= 15 is 0 Å². The summed E-state index contributed by atoms with van der Waals surface area (Å²) in [4.78, 5) is 0. The second-order valence-electron chi connectivity index (χ2n) is 4.81. The van der Waals surface area contributed by atoms with Crippen LogP contribution in [0.3, 0.4) is 0 Å². The molecule has 0 saturated carbocycles. The number of anilines is 1. The van der Waals surface area contributed by atoms with Gasteiger partial charge in [-0.1, -0.05) is 48.0 Å². The molecule has 0 aromatic heterocycles. The van der Waals surface area contributed by atoms with Gasteiger partial charge in [-0.25, -0.2) is 0 Å². The van der Waals surface area contributed by atoms with Crippen LogP contribution in [0.15, 0.2) is 48.5 Å². The van der Waals surface area contributed by atoms with Gasteiger partial charge in [-0.15, -0.1) is 0 Å². The topological polar surface area (TPSA) is 12.0 Å². The minimum Gasteiger partial charge on any atom is -0.378 e. The van der Waals surface area contributed by atoms with Crippen LogP contribution in [0.1, 0.15) is 29.2 Å². The Bertz CT molecular complexity index is 531. The molecule has 1 N–H and O–H groups in total. The summed E-state index contributed by atoms with van der Waals surface area (Å²) in [7, 11) is 0. The lowest BCUT2D eigenvalue weighted by Crippen LogP contribution is -2.17. The number of fused-ring (bicyclic) bond motifs is 1. The average Bonchev–Trinajstić information content (AvgIpc) is 2.38. The Balaban J connectivity index is 1.89. The number of benzene rings is 2. The quantitative estimate of drug-likeness (QED) is 0.767. The molecule has 0 bridgehead atoms. The summed E-state index contributed by atoms with van der Waals surface area (Å²) < 4.78 is 0. The molecular weight excluding hydrogens is 206 g/mol. The highest BCUT2D eigenvalue weighted by atomic mass is 14.9. The third kappa shape index (κ3) is 2.05. The maximum atomic E-state index is 3.64. The second kappa shape index (κ2) is 4.25. The molecule has 0 fully saturated rings. The summed E-state index contributed by atoms with van der Waals surface area (Å²) in [5.74, 6) is 0. The Morgan fingerprint density at radius 1 is 1.06 bits per heavy atom. The van der Waals surface area contributed by atoms with E-state index in [2.05, 4.69) is 60.8 Å². The van der Waals surface area contributed by atoms with Gasteiger partial charge < -0.3 is 5.32 Å². The first-order valence-electron chi connectivity index (χ1n) is 6.24. The summed E-state index contributed by atoms with van der Waals surface area (Å²) in [5, 5.41) is 3.64. The van der Waals surface area contributed by atoms with Crippen molar-refractivity contribution in [1.29, 1.82) is 0 Å². The van der Waals surface area contributed by atoms with Crippen LogP contribution in [0.4, 0.5) is 5.69 Å². The highest BCUT2D eigenvalue weighted by Gasteiger charge is 2.18. The molecule has 1 unspecified atom stereocenters. The fraction of sp³-hybridized carbons (Fsp3) is 0.250. The monoisotopic (exact) mass is 223 g/mol. The van der Waals surface area contributed by atoms with E-state index in [4.69, 9.17) is 0 Å². The maximum Gasteiger partial charge on any atom is 0.0517 e. The first-order valence-corrected chi connectivity index (χ1v) is 6.24. The molecule has 1 aliphatic rings. The minimum absolute atomic E-state index is 0.463. The summed E-state index contributed by atoms with van der Waals surface area (Å²) in [5.41, 5.74) is 5.48. The summed E-state index contributed by atoms with van der Waals surface area (Å²) >= 11 is 0. The van der Waals surface area contributed by atoms with Gasteiger partial charge in [0.1, 0.15) is 0 Å². The molecule has 86 valence electrons. The Morgan fingerprint density at radius 3 is 2.82 bits per heavy atom. The molecule has 0 amide bonds. The van der Waals surface area contributed by atoms with E-state index in [9.17, 15) is 0 Å². The van der Waals surface area contributed by atoms with Gasteiger partial charge in [-0.2, -0.15) is 0 Å². The van der Waals surface area contributed by atoms with Gasteiger partial charge in [-0.05, 0) is 37.0 Å². The lowest BCUT2D eigenvalue weighted by Gasteiger charge is -2.27. The molecule has 0 radical (unpaired) electrons. The Labute approximate surface area is 102 Å². The number of aryl methyl sites for hydroxylation is 2. The predicted molar refractivity (Wildman–Crippen MR) is 72.3 cm³/mol. The smallest absolute Gasteiger partial charge is 0.0517 e. The van der Waals surface area contributed by atoms with Crippen LogP contribution in [0.25, 0.3) is 0 Å². The normalized spacial score (nSPS) is 18.3. The van der Waals surface area contributed by atoms with Crippen molar-refractivity contribution in [2.45, 2.75) is 25.8 Å². The van der Waals surface area contributed by atoms with Crippen molar-refractivity contribution in [3.63, 3.8) is 0 Å². The minimum atomic E-state index is 0.463. The van der Waals surface area contributed by atoms with Crippen LogP contribution in [0.2, 0.25) is 0 Å². The number of para-hydroxylation sites is 1. The third-order valence-electron chi connectivity index (χ3n) is 3.49. The van der Waals surface area contributed by atoms with Crippen LogP contribution in [-0.2, 0) is 6.42 Å². The molecule has 2 aromatic rings. The zero-order valence-corrected chi connectivity index (χ0v) is 10.1. The van der Waals surface area contributed by atoms with Crippen molar-refractivity contribution < 1.29 is 0 Å². The van der Waals surface area contributed by atoms with Crippen molar-refractivity contribution in [2.24, 2.45) is 0 Å². The van der Waals surface area contributed by atoms with E-state index in [1.165, 1.54) is 35.2 Å². The van der Waals surface area contributed by atoms with Crippen LogP contribution in [0, 0.1) is 6.92 Å². The van der Waals surface area contributed by atoms with Gasteiger partial charge in [-0.3, -0.25) is 0 Å². The highest BCUT2D eigenvalue weighted by molar-refractivity contribution is 5.55. The SMILES string of the molecule is Cc1cccc(C2CCc3ccccc3N2)c1. The zero-order valence-electron chi connectivity index (χ0n) is 10.1. The fourth-order valence-electron chi connectivity index (χ4n) is 2.58. The second-order valence-corrected chi connectivity index (χ2v) is 4.81. The van der Waals surface area contributed by atoms with Crippen LogP contribution >= 0.6 is 0 Å². The Hall–Kier alpha value is -1.76. The maximum absolute atomic E-state index is 3.64. The van der Waals surface area contributed by atoms with Gasteiger partial charge in [0.15, 0.2) is 0 Å². The largest absolute Gasteiger partial charge is 0.378 e. The molecule has 3 rings (SSSR count). The number of hydrogen-bond donors (Lipinski definition) is 1. The number of nitrogens with one attached hydrogen (secondary N) is 1. The summed E-state index contributed by atoms with van der Waals surface area (Å²) in [6, 6.07) is 17.9. The molecule has 1 aliphatic heterocycles. The van der Waals surface area contributed by atoms with Gasteiger partial charge in [0.05, 0.1) is 6.04 Å². The van der Waals surface area contributed by atoms with Crippen molar-refractivity contribution in [1.82, 2.24) is 0 Å². The third-order valence-corrected chi connectivity index (χ3v) is 3.49. The molecule has 2 aromatic carbocycles. The van der Waals surface area contributed by atoms with E-state index in [1.54, 1.807) is 0 Å². The summed E-state index contributed by atoms with van der Waals surface area (Å²) in [6.45, 7) is 2.15. The Kier molecular flexibility index (Phi) is 2.60. The average molecular weight is 223 g/mol. The van der Waals surface area contributed by atoms with Crippen molar-refractivity contribution in [2.75, 3.05) is 5.32 Å². The molecule has 1 heterocycles. The van der Waals surface area contributed by atoms with Crippen molar-refractivity contribution >= 4 is 5.69 Å². The number of rotatable bonds is 1. The van der Waals surface area contributed by atoms with Crippen LogP contribution < -0.4 is 5.32 Å². The first-order chi connectivity index (χ1) is 8.33. The molecular formula is C16H17N. The van der Waals surface area contributed by atoms with E-state index in [0.29, 0.717) is 6.04 Å². The van der Waals surface area contributed by atoms with Gasteiger partial charge in [0, 0.05) is 5.69 Å². The molecule has 0 aliphatic carbocycles. The van der Waals surface area contributed by atoms with E-state index < -0.39 is 0 Å². The predicted octanol–water partition coefficient (Wildman–Crippen LogP) is 4.09. The molecule has 0 spiro atoms. The molecule has 1 nitrogen and oxygen atoms in total. The van der Waals surface area contributed by atoms with E-state index in [1.807, 2.05) is 0 Å².